The van der Waals surface area contributed by atoms with Crippen LogP contribution in [-0.2, 0) is 20.7 Å². The summed E-state index contributed by atoms with van der Waals surface area (Å²) in [5.74, 6) is 2.25. The average Bonchev–Trinajstić information content (AvgIpc) is 2.63. The summed E-state index contributed by atoms with van der Waals surface area (Å²) < 4.78 is 10.7. The number of allylic oxidation sites excluding steroid dienone is 4. The Bertz CT molecular complexity index is 861. The third-order valence-corrected chi connectivity index (χ3v) is 3.68. The predicted octanol–water partition coefficient (Wildman–Crippen LogP) is 4.97. The van der Waals surface area contributed by atoms with Gasteiger partial charge < -0.3 is 14.8 Å². The van der Waals surface area contributed by atoms with Crippen LogP contribution in [0.4, 0.5) is 10.5 Å². The lowest BCUT2D eigenvalue weighted by molar-refractivity contribution is -0.125. The third-order valence-electron chi connectivity index (χ3n) is 3.68. The highest BCUT2D eigenvalue weighted by molar-refractivity contribution is 5.91. The van der Waals surface area contributed by atoms with Crippen LogP contribution in [0.15, 0.2) is 47.7 Å². The highest BCUT2D eigenvalue weighted by Gasteiger charge is 2.16. The van der Waals surface area contributed by atoms with Crippen molar-refractivity contribution in [3.63, 3.8) is 0 Å². The smallest absolute Gasteiger partial charge is 0.412 e. The fourth-order valence-corrected chi connectivity index (χ4v) is 2.33. The van der Waals surface area contributed by atoms with Gasteiger partial charge in [-0.05, 0) is 78.7 Å². The number of nitrogens with one attached hydrogen (secondary N) is 2. The quantitative estimate of drug-likeness (QED) is 0.477. The second-order valence-corrected chi connectivity index (χ2v) is 9.19. The van der Waals surface area contributed by atoms with Gasteiger partial charge in [0.15, 0.2) is 0 Å². The van der Waals surface area contributed by atoms with Crippen LogP contribution < -0.4 is 10.6 Å². The van der Waals surface area contributed by atoms with E-state index in [4.69, 9.17) is 15.9 Å². The van der Waals surface area contributed by atoms with Crippen LogP contribution in [0.1, 0.15) is 54.0 Å². The SMILES string of the molecule is C#C/C(=C\C=C(/C)Cc1ccc(NC(=O)COC(C)(C)C)cc1)NC(=O)OC(C)(C)C. The molecule has 0 aliphatic carbocycles. The van der Waals surface area contributed by atoms with Crippen molar-refractivity contribution in [2.24, 2.45) is 0 Å². The molecular formula is C25H34N2O4. The monoisotopic (exact) mass is 426 g/mol. The maximum Gasteiger partial charge on any atom is 0.412 e. The molecule has 0 fully saturated rings. The van der Waals surface area contributed by atoms with Crippen molar-refractivity contribution in [1.82, 2.24) is 5.32 Å². The Morgan fingerprint density at radius 1 is 1.03 bits per heavy atom. The fraction of sp³-hybridized carbons (Fsp3) is 0.440. The van der Waals surface area contributed by atoms with Crippen molar-refractivity contribution in [2.75, 3.05) is 11.9 Å². The van der Waals surface area contributed by atoms with Gasteiger partial charge in [0.25, 0.3) is 0 Å². The summed E-state index contributed by atoms with van der Waals surface area (Å²) in [5, 5.41) is 5.37. The van der Waals surface area contributed by atoms with Crippen molar-refractivity contribution in [3.05, 3.63) is 53.3 Å². The number of anilines is 1. The van der Waals surface area contributed by atoms with Gasteiger partial charge in [-0.2, -0.15) is 0 Å². The number of hydrogen-bond donors (Lipinski definition) is 2. The molecule has 0 aromatic heterocycles. The zero-order chi connectivity index (χ0) is 23.7. The summed E-state index contributed by atoms with van der Waals surface area (Å²) in [7, 11) is 0. The van der Waals surface area contributed by atoms with Crippen LogP contribution in [0.25, 0.3) is 0 Å². The lowest BCUT2D eigenvalue weighted by Gasteiger charge is -2.19. The molecule has 168 valence electrons. The van der Waals surface area contributed by atoms with Crippen molar-refractivity contribution in [3.8, 4) is 12.3 Å². The summed E-state index contributed by atoms with van der Waals surface area (Å²) in [4.78, 5) is 23.8. The lowest BCUT2D eigenvalue weighted by Crippen LogP contribution is -2.31. The zero-order valence-corrected chi connectivity index (χ0v) is 19.6. The topological polar surface area (TPSA) is 76.7 Å². The molecule has 0 bridgehead atoms. The minimum Gasteiger partial charge on any atom is -0.444 e. The van der Waals surface area contributed by atoms with Crippen LogP contribution in [0.2, 0.25) is 0 Å². The number of amides is 2. The maximum absolute atomic E-state index is 11.9. The van der Waals surface area contributed by atoms with E-state index in [-0.39, 0.29) is 18.1 Å². The van der Waals surface area contributed by atoms with Gasteiger partial charge in [0.1, 0.15) is 12.2 Å². The minimum absolute atomic E-state index is 0.00821. The predicted molar refractivity (Wildman–Crippen MR) is 125 cm³/mol. The van der Waals surface area contributed by atoms with E-state index in [1.54, 1.807) is 26.8 Å². The van der Waals surface area contributed by atoms with Crippen LogP contribution in [0, 0.1) is 12.3 Å². The Morgan fingerprint density at radius 2 is 1.65 bits per heavy atom. The fourth-order valence-electron chi connectivity index (χ4n) is 2.33. The highest BCUT2D eigenvalue weighted by Crippen LogP contribution is 2.14. The minimum atomic E-state index is -0.596. The molecule has 6 nitrogen and oxygen atoms in total. The van der Waals surface area contributed by atoms with Gasteiger partial charge in [-0.1, -0.05) is 29.7 Å². The zero-order valence-electron chi connectivity index (χ0n) is 19.6. The van der Waals surface area contributed by atoms with Gasteiger partial charge in [0.2, 0.25) is 5.91 Å². The van der Waals surface area contributed by atoms with Crippen molar-refractivity contribution in [2.45, 2.75) is 66.1 Å². The number of benzene rings is 1. The number of rotatable bonds is 7. The van der Waals surface area contributed by atoms with Crippen LogP contribution in [0.3, 0.4) is 0 Å². The first-order valence-electron chi connectivity index (χ1n) is 10.1. The molecule has 0 heterocycles. The molecule has 2 N–H and O–H groups in total. The Morgan fingerprint density at radius 3 is 2.16 bits per heavy atom. The van der Waals surface area contributed by atoms with Crippen molar-refractivity contribution >= 4 is 17.7 Å². The van der Waals surface area contributed by atoms with E-state index in [0.717, 1.165) is 11.1 Å². The van der Waals surface area contributed by atoms with E-state index < -0.39 is 11.7 Å². The molecule has 0 saturated heterocycles. The first kappa shape index (κ1) is 26.0. The van der Waals surface area contributed by atoms with Gasteiger partial charge in [0.05, 0.1) is 11.3 Å². The lowest BCUT2D eigenvalue weighted by atomic mass is 10.1. The van der Waals surface area contributed by atoms with E-state index in [9.17, 15) is 9.59 Å². The third kappa shape index (κ3) is 12.3. The van der Waals surface area contributed by atoms with Gasteiger partial charge in [-0.3, -0.25) is 10.1 Å². The number of ether oxygens (including phenoxy) is 2. The van der Waals surface area contributed by atoms with Crippen molar-refractivity contribution < 1.29 is 19.1 Å². The Hall–Kier alpha value is -3.04. The molecule has 0 aliphatic heterocycles. The summed E-state index contributed by atoms with van der Waals surface area (Å²) in [6, 6.07) is 7.60. The highest BCUT2D eigenvalue weighted by atomic mass is 16.6. The van der Waals surface area contributed by atoms with E-state index in [0.29, 0.717) is 17.8 Å². The van der Waals surface area contributed by atoms with Gasteiger partial charge in [-0.25, -0.2) is 4.79 Å². The molecule has 0 aliphatic rings. The normalized spacial score (nSPS) is 12.7. The number of hydrogen-bond acceptors (Lipinski definition) is 4. The Kier molecular flexibility index (Phi) is 9.54. The van der Waals surface area contributed by atoms with Gasteiger partial charge in [-0.15, -0.1) is 6.42 Å². The standard InChI is InChI=1S/C25H34N2O4/c1-9-20(27-23(29)31-25(6,7)8)13-10-18(2)16-19-11-14-21(15-12-19)26-22(28)17-30-24(3,4)5/h1,10-15H,16-17H2,2-8H3,(H,26,28)(H,27,29)/b18-10+,20-13+. The molecule has 1 aromatic rings. The van der Waals surface area contributed by atoms with Crippen molar-refractivity contribution in [1.29, 1.82) is 0 Å². The first-order valence-corrected chi connectivity index (χ1v) is 10.1. The number of carbonyl (C=O) groups is 2. The maximum atomic E-state index is 11.9. The summed E-state index contributed by atoms with van der Waals surface area (Å²) in [6.07, 6.45) is 9.09. The molecule has 0 spiro atoms. The summed E-state index contributed by atoms with van der Waals surface area (Å²) in [5.41, 5.74) is 2.21. The molecule has 0 unspecified atom stereocenters. The van der Waals surface area contributed by atoms with E-state index in [1.165, 1.54) is 0 Å². The summed E-state index contributed by atoms with van der Waals surface area (Å²) in [6.45, 7) is 13.0. The Labute approximate surface area is 186 Å². The number of carbonyl (C=O) groups excluding carboxylic acids is 2. The van der Waals surface area contributed by atoms with Gasteiger partial charge in [0, 0.05) is 5.69 Å². The number of terminal acetylenes is 1. The van der Waals surface area contributed by atoms with E-state index in [1.807, 2.05) is 58.0 Å². The molecule has 6 heteroatoms. The van der Waals surface area contributed by atoms with E-state index in [2.05, 4.69) is 16.6 Å². The van der Waals surface area contributed by atoms with E-state index >= 15 is 0 Å². The second kappa shape index (κ2) is 11.4. The molecule has 0 saturated carbocycles. The van der Waals surface area contributed by atoms with Crippen LogP contribution >= 0.6 is 0 Å². The van der Waals surface area contributed by atoms with Crippen LogP contribution in [-0.4, -0.2) is 29.8 Å². The number of alkyl carbamates (subject to hydrolysis) is 1. The second-order valence-electron chi connectivity index (χ2n) is 9.19. The summed E-state index contributed by atoms with van der Waals surface area (Å²) >= 11 is 0. The average molecular weight is 427 g/mol. The molecule has 1 rings (SSSR count). The van der Waals surface area contributed by atoms with Crippen LogP contribution in [0.5, 0.6) is 0 Å². The Balaban J connectivity index is 2.64. The molecular weight excluding hydrogens is 392 g/mol. The molecule has 0 radical (unpaired) electrons. The largest absolute Gasteiger partial charge is 0.444 e. The van der Waals surface area contributed by atoms with Gasteiger partial charge >= 0.3 is 6.09 Å². The first-order chi connectivity index (χ1) is 14.3. The molecule has 2 amide bonds. The molecule has 1 aromatic carbocycles. The molecule has 0 atom stereocenters. The molecule has 31 heavy (non-hydrogen) atoms.